The molecule has 1 fully saturated rings. The molecule has 1 aliphatic heterocycles. The average Bonchev–Trinajstić information content (AvgIpc) is 3.09. The number of carboxylic acid groups (broad SMARTS) is 1. The predicted octanol–water partition coefficient (Wildman–Crippen LogP) is 3.29. The molecule has 1 saturated heterocycles. The minimum Gasteiger partial charge on any atom is -0.478 e. The highest BCUT2D eigenvalue weighted by Crippen LogP contribution is 2.23. The van der Waals surface area contributed by atoms with E-state index in [0.717, 1.165) is 25.9 Å². The van der Waals surface area contributed by atoms with Crippen LogP contribution in [0.2, 0.25) is 5.02 Å². The van der Waals surface area contributed by atoms with Gasteiger partial charge in [0.2, 0.25) is 0 Å². The molecule has 24 heavy (non-hydrogen) atoms. The molecule has 124 valence electrons. The lowest BCUT2D eigenvalue weighted by Gasteiger charge is -2.17. The normalized spacial score (nSPS) is 13.8. The van der Waals surface area contributed by atoms with Gasteiger partial charge in [0.05, 0.1) is 5.56 Å². The number of nitrogens with one attached hydrogen (secondary N) is 1. The van der Waals surface area contributed by atoms with Gasteiger partial charge in [-0.1, -0.05) is 11.6 Å². The zero-order valence-corrected chi connectivity index (χ0v) is 13.6. The van der Waals surface area contributed by atoms with Gasteiger partial charge in [0, 0.05) is 23.8 Å². The summed E-state index contributed by atoms with van der Waals surface area (Å²) in [6.45, 7) is 1.82. The number of benzene rings is 1. The SMILES string of the molecule is O=C(O)c1ccc(NC(=O)c2cc(Cl)cc(N3CCCC3)n2)cc1. The molecule has 0 unspecified atom stereocenters. The van der Waals surface area contributed by atoms with Crippen molar-refractivity contribution in [2.45, 2.75) is 12.8 Å². The molecule has 0 radical (unpaired) electrons. The highest BCUT2D eigenvalue weighted by atomic mass is 35.5. The topological polar surface area (TPSA) is 82.5 Å². The van der Waals surface area contributed by atoms with E-state index < -0.39 is 5.97 Å². The standard InChI is InChI=1S/C17H16ClN3O3/c18-12-9-14(20-15(10-12)21-7-1-2-8-21)16(22)19-13-5-3-11(4-6-13)17(23)24/h3-6,9-10H,1-2,7-8H2,(H,19,22)(H,23,24). The Morgan fingerprint density at radius 2 is 1.79 bits per heavy atom. The number of aromatic carboxylic acids is 1. The second kappa shape index (κ2) is 6.88. The third-order valence-electron chi connectivity index (χ3n) is 3.83. The molecule has 2 aromatic rings. The molecule has 0 saturated carbocycles. The van der Waals surface area contributed by atoms with Crippen molar-refractivity contribution in [3.63, 3.8) is 0 Å². The number of pyridine rings is 1. The quantitative estimate of drug-likeness (QED) is 0.888. The molecule has 1 aromatic heterocycles. The predicted molar refractivity (Wildman–Crippen MR) is 92.0 cm³/mol. The average molecular weight is 346 g/mol. The summed E-state index contributed by atoms with van der Waals surface area (Å²) in [6, 6.07) is 9.20. The molecule has 1 aliphatic rings. The van der Waals surface area contributed by atoms with Crippen molar-refractivity contribution in [2.24, 2.45) is 0 Å². The molecule has 0 bridgehead atoms. The van der Waals surface area contributed by atoms with E-state index in [1.165, 1.54) is 30.3 Å². The Morgan fingerprint density at radius 1 is 1.12 bits per heavy atom. The van der Waals surface area contributed by atoms with E-state index in [0.29, 0.717) is 16.5 Å². The van der Waals surface area contributed by atoms with Crippen LogP contribution in [0.3, 0.4) is 0 Å². The van der Waals surface area contributed by atoms with Gasteiger partial charge in [-0.25, -0.2) is 9.78 Å². The molecule has 0 atom stereocenters. The van der Waals surface area contributed by atoms with Gasteiger partial charge in [-0.2, -0.15) is 0 Å². The van der Waals surface area contributed by atoms with Crippen LogP contribution in [0.1, 0.15) is 33.7 Å². The molecular weight excluding hydrogens is 330 g/mol. The van der Waals surface area contributed by atoms with E-state index in [1.807, 2.05) is 0 Å². The molecule has 1 aromatic carbocycles. The van der Waals surface area contributed by atoms with Crippen LogP contribution >= 0.6 is 11.6 Å². The van der Waals surface area contributed by atoms with Crippen LogP contribution in [0.4, 0.5) is 11.5 Å². The lowest BCUT2D eigenvalue weighted by Crippen LogP contribution is -2.21. The fourth-order valence-electron chi connectivity index (χ4n) is 2.60. The molecule has 2 heterocycles. The molecular formula is C17H16ClN3O3. The van der Waals surface area contributed by atoms with Crippen LogP contribution in [-0.2, 0) is 0 Å². The van der Waals surface area contributed by atoms with Gasteiger partial charge in [0.15, 0.2) is 0 Å². The van der Waals surface area contributed by atoms with Crippen molar-refractivity contribution in [1.29, 1.82) is 0 Å². The van der Waals surface area contributed by atoms with Crippen molar-refractivity contribution >= 4 is 35.0 Å². The lowest BCUT2D eigenvalue weighted by atomic mass is 10.2. The number of halogens is 1. The summed E-state index contributed by atoms with van der Waals surface area (Å²) in [6.07, 6.45) is 2.21. The van der Waals surface area contributed by atoms with Crippen LogP contribution in [0.15, 0.2) is 36.4 Å². The highest BCUT2D eigenvalue weighted by molar-refractivity contribution is 6.31. The van der Waals surface area contributed by atoms with Gasteiger partial charge in [-0.3, -0.25) is 4.79 Å². The largest absolute Gasteiger partial charge is 0.478 e. The van der Waals surface area contributed by atoms with Gasteiger partial charge in [0.1, 0.15) is 11.5 Å². The van der Waals surface area contributed by atoms with Crippen LogP contribution in [0.5, 0.6) is 0 Å². The molecule has 7 heteroatoms. The summed E-state index contributed by atoms with van der Waals surface area (Å²) in [4.78, 5) is 29.7. The molecule has 1 amide bonds. The van der Waals surface area contributed by atoms with E-state index in [1.54, 1.807) is 6.07 Å². The Bertz CT molecular complexity index is 771. The number of carbonyl (C=O) groups excluding carboxylic acids is 1. The number of hydrogen-bond donors (Lipinski definition) is 2. The van der Waals surface area contributed by atoms with E-state index in [9.17, 15) is 9.59 Å². The van der Waals surface area contributed by atoms with Crippen LogP contribution in [0, 0.1) is 0 Å². The number of anilines is 2. The molecule has 3 rings (SSSR count). The summed E-state index contributed by atoms with van der Waals surface area (Å²) in [5.74, 6) is -0.702. The zero-order valence-electron chi connectivity index (χ0n) is 12.8. The fourth-order valence-corrected chi connectivity index (χ4v) is 2.80. The van der Waals surface area contributed by atoms with Crippen LogP contribution in [0.25, 0.3) is 0 Å². The van der Waals surface area contributed by atoms with Crippen LogP contribution in [-0.4, -0.2) is 35.1 Å². The molecule has 0 spiro atoms. The van der Waals surface area contributed by atoms with Gasteiger partial charge in [-0.15, -0.1) is 0 Å². The van der Waals surface area contributed by atoms with E-state index in [4.69, 9.17) is 16.7 Å². The summed E-state index contributed by atoms with van der Waals surface area (Å²) in [7, 11) is 0. The Balaban J connectivity index is 1.78. The van der Waals surface area contributed by atoms with Crippen LogP contribution < -0.4 is 10.2 Å². The first-order valence-electron chi connectivity index (χ1n) is 7.60. The number of aromatic nitrogens is 1. The Hall–Kier alpha value is -2.60. The third kappa shape index (κ3) is 3.65. The van der Waals surface area contributed by atoms with Crippen molar-refractivity contribution < 1.29 is 14.7 Å². The van der Waals surface area contributed by atoms with Gasteiger partial charge >= 0.3 is 5.97 Å². The Labute approximate surface area is 144 Å². The first-order valence-corrected chi connectivity index (χ1v) is 7.98. The molecule has 0 aliphatic carbocycles. The van der Waals surface area contributed by atoms with Crippen molar-refractivity contribution in [3.05, 3.63) is 52.7 Å². The van der Waals surface area contributed by atoms with Gasteiger partial charge in [0.25, 0.3) is 5.91 Å². The van der Waals surface area contributed by atoms with Gasteiger partial charge < -0.3 is 15.3 Å². The number of carboxylic acids is 1. The molecule has 6 nitrogen and oxygen atoms in total. The highest BCUT2D eigenvalue weighted by Gasteiger charge is 2.17. The second-order valence-corrected chi connectivity index (χ2v) is 6.00. The maximum atomic E-state index is 12.4. The Morgan fingerprint density at radius 3 is 2.42 bits per heavy atom. The van der Waals surface area contributed by atoms with E-state index >= 15 is 0 Å². The first kappa shape index (κ1) is 16.3. The minimum absolute atomic E-state index is 0.158. The molecule has 2 N–H and O–H groups in total. The second-order valence-electron chi connectivity index (χ2n) is 5.56. The fraction of sp³-hybridized carbons (Fsp3) is 0.235. The monoisotopic (exact) mass is 345 g/mol. The summed E-state index contributed by atoms with van der Waals surface area (Å²) in [5.41, 5.74) is 0.881. The maximum absolute atomic E-state index is 12.4. The zero-order chi connectivity index (χ0) is 17.1. The van der Waals surface area contributed by atoms with Crippen molar-refractivity contribution in [1.82, 2.24) is 4.98 Å². The van der Waals surface area contributed by atoms with E-state index in [-0.39, 0.29) is 17.2 Å². The van der Waals surface area contributed by atoms with Gasteiger partial charge in [-0.05, 0) is 49.2 Å². The number of rotatable bonds is 4. The number of nitrogens with zero attached hydrogens (tertiary/aromatic N) is 2. The number of carbonyl (C=O) groups is 2. The number of hydrogen-bond acceptors (Lipinski definition) is 4. The Kier molecular flexibility index (Phi) is 4.66. The minimum atomic E-state index is -1.01. The van der Waals surface area contributed by atoms with Crippen molar-refractivity contribution in [2.75, 3.05) is 23.3 Å². The van der Waals surface area contributed by atoms with E-state index in [2.05, 4.69) is 15.2 Å². The smallest absolute Gasteiger partial charge is 0.335 e. The third-order valence-corrected chi connectivity index (χ3v) is 4.05. The van der Waals surface area contributed by atoms with Crippen molar-refractivity contribution in [3.8, 4) is 0 Å². The summed E-state index contributed by atoms with van der Waals surface area (Å²) >= 11 is 6.12. The summed E-state index contributed by atoms with van der Waals surface area (Å²) < 4.78 is 0. The first-order chi connectivity index (χ1) is 11.5. The summed E-state index contributed by atoms with van der Waals surface area (Å²) in [5, 5.41) is 12.0. The maximum Gasteiger partial charge on any atom is 0.335 e. The number of amides is 1. The lowest BCUT2D eigenvalue weighted by molar-refractivity contribution is 0.0696.